The van der Waals surface area contributed by atoms with Gasteiger partial charge in [-0.2, -0.15) is 0 Å². The zero-order valence-electron chi connectivity index (χ0n) is 26.8. The number of aliphatic hydroxyl groups excluding tert-OH is 1. The van der Waals surface area contributed by atoms with Crippen molar-refractivity contribution in [2.24, 2.45) is 23.7 Å². The second kappa shape index (κ2) is 13.6. The first kappa shape index (κ1) is 32.2. The molecule has 1 aliphatic heterocycles. The fourth-order valence-corrected chi connectivity index (χ4v) is 9.99. The Hall–Kier alpha value is -3.37. The molecular formula is C38H44N2O6S. The van der Waals surface area contributed by atoms with Crippen LogP contribution in [0.5, 0.6) is 0 Å². The summed E-state index contributed by atoms with van der Waals surface area (Å²) in [6.45, 7) is 2.50. The topological polar surface area (TPSA) is 117 Å². The number of carbonyl (C=O) groups excluding carboxylic acids is 1. The van der Waals surface area contributed by atoms with Gasteiger partial charge in [0.1, 0.15) is 0 Å². The predicted molar refractivity (Wildman–Crippen MR) is 180 cm³/mol. The highest BCUT2D eigenvalue weighted by Gasteiger charge is 2.51. The van der Waals surface area contributed by atoms with Gasteiger partial charge in [0, 0.05) is 34.2 Å². The molecule has 4 saturated carbocycles. The summed E-state index contributed by atoms with van der Waals surface area (Å²) < 4.78 is 13.2. The molecule has 4 atom stereocenters. The molecule has 4 bridgehead atoms. The van der Waals surface area contributed by atoms with E-state index >= 15 is 0 Å². The molecule has 1 heterocycles. The number of benzene rings is 3. The van der Waals surface area contributed by atoms with Gasteiger partial charge >= 0.3 is 12.0 Å². The minimum atomic E-state index is -0.950. The van der Waals surface area contributed by atoms with E-state index < -0.39 is 12.3 Å². The van der Waals surface area contributed by atoms with Gasteiger partial charge in [-0.3, -0.25) is 0 Å². The van der Waals surface area contributed by atoms with Crippen LogP contribution in [-0.4, -0.2) is 39.6 Å². The summed E-state index contributed by atoms with van der Waals surface area (Å²) in [6, 6.07) is 22.7. The summed E-state index contributed by atoms with van der Waals surface area (Å²) in [5.74, 6) is 1.91. The zero-order chi connectivity index (χ0) is 32.5. The van der Waals surface area contributed by atoms with Crippen LogP contribution >= 0.6 is 11.8 Å². The van der Waals surface area contributed by atoms with E-state index in [4.69, 9.17) is 9.47 Å². The Bertz CT molecular complexity index is 1540. The molecule has 3 aromatic carbocycles. The number of nitrogens with one attached hydrogen (secondary N) is 2. The fourth-order valence-electron chi connectivity index (χ4n) is 8.77. The number of hydrogen-bond acceptors (Lipinski definition) is 6. The van der Waals surface area contributed by atoms with E-state index in [-0.39, 0.29) is 41.9 Å². The predicted octanol–water partition coefficient (Wildman–Crippen LogP) is 7.23. The quantitative estimate of drug-likeness (QED) is 0.170. The van der Waals surface area contributed by atoms with Crippen LogP contribution in [0.15, 0.2) is 77.7 Å². The molecule has 0 radical (unpaired) electrons. The summed E-state index contributed by atoms with van der Waals surface area (Å²) in [4.78, 5) is 25.5. The van der Waals surface area contributed by atoms with E-state index in [0.717, 1.165) is 59.3 Å². The Morgan fingerprint density at radius 2 is 1.47 bits per heavy atom. The molecule has 47 heavy (non-hydrogen) atoms. The number of thioether (sulfide) groups is 1. The lowest BCUT2D eigenvalue weighted by molar-refractivity contribution is -0.268. The van der Waals surface area contributed by atoms with Crippen molar-refractivity contribution >= 4 is 23.8 Å². The molecule has 4 aliphatic carbocycles. The molecule has 5 fully saturated rings. The van der Waals surface area contributed by atoms with Gasteiger partial charge in [-0.25, -0.2) is 9.59 Å². The number of ether oxygens (including phenoxy) is 2. The number of carbonyl (C=O) groups is 2. The van der Waals surface area contributed by atoms with E-state index in [9.17, 15) is 19.8 Å². The van der Waals surface area contributed by atoms with Crippen LogP contribution in [-0.2, 0) is 22.6 Å². The summed E-state index contributed by atoms with van der Waals surface area (Å²) in [5, 5.41) is 25.7. The Morgan fingerprint density at radius 3 is 2.11 bits per heavy atom. The molecule has 8 rings (SSSR count). The number of carboxylic acid groups (broad SMARTS) is 1. The number of urea groups is 1. The van der Waals surface area contributed by atoms with Crippen molar-refractivity contribution in [1.82, 2.24) is 10.6 Å². The standard InChI is InChI=1S/C38H44N2O6S/c1-23-32(22-47-33-5-3-2-4-31(33)35(42)43)45-36(46-34(23)29-10-8-25(21-41)9-11-29)30-12-6-24(7-13-30)20-39-37(44)40-38-17-26-14-27(18-38)16-28(15-26)19-38/h2-13,23,26-28,32,34,36,41H,14-22H2,1H3,(H,42,43)(H2,39,40,44)/t23-,26?,27?,28?,32+,34+,36+,38?/m1/s1. The van der Waals surface area contributed by atoms with E-state index in [1.165, 1.54) is 31.0 Å². The lowest BCUT2D eigenvalue weighted by atomic mass is 9.53. The molecule has 2 amide bonds. The number of hydrogen-bond donors (Lipinski definition) is 4. The van der Waals surface area contributed by atoms with Gasteiger partial charge in [-0.05, 0) is 85.1 Å². The molecule has 3 aromatic rings. The van der Waals surface area contributed by atoms with Crippen LogP contribution in [0.2, 0.25) is 0 Å². The number of carboxylic acids is 1. The molecule has 8 nitrogen and oxygen atoms in total. The van der Waals surface area contributed by atoms with Crippen LogP contribution in [0.1, 0.15) is 90.5 Å². The highest BCUT2D eigenvalue weighted by molar-refractivity contribution is 7.99. The minimum Gasteiger partial charge on any atom is -0.478 e. The molecule has 0 spiro atoms. The SMILES string of the molecule is C[C@@H]1[C@H](CSc2ccccc2C(=O)O)O[C@H](c2ccc(CNC(=O)NC34CC5CC(CC(C5)C3)C4)cc2)O[C@@H]1c1ccc(CO)cc1. The van der Waals surface area contributed by atoms with Gasteiger partial charge in [0.15, 0.2) is 6.29 Å². The number of aliphatic hydroxyl groups is 1. The smallest absolute Gasteiger partial charge is 0.336 e. The Balaban J connectivity index is 1.02. The summed E-state index contributed by atoms with van der Waals surface area (Å²) in [7, 11) is 0. The van der Waals surface area contributed by atoms with Crippen molar-refractivity contribution in [2.45, 2.75) is 87.5 Å². The third-order valence-electron chi connectivity index (χ3n) is 10.8. The van der Waals surface area contributed by atoms with Crippen molar-refractivity contribution in [2.75, 3.05) is 5.75 Å². The van der Waals surface area contributed by atoms with Crippen LogP contribution in [0.3, 0.4) is 0 Å². The number of amides is 2. The molecule has 4 N–H and O–H groups in total. The second-order valence-corrected chi connectivity index (χ2v) is 15.2. The summed E-state index contributed by atoms with van der Waals surface area (Å²) in [5.41, 5.74) is 3.95. The highest BCUT2D eigenvalue weighted by Crippen LogP contribution is 2.55. The van der Waals surface area contributed by atoms with E-state index in [1.54, 1.807) is 12.1 Å². The molecule has 5 aliphatic rings. The van der Waals surface area contributed by atoms with E-state index in [1.807, 2.05) is 60.7 Å². The number of aromatic carboxylic acids is 1. The summed E-state index contributed by atoms with van der Waals surface area (Å²) in [6.07, 6.45) is 6.29. The zero-order valence-corrected chi connectivity index (χ0v) is 27.6. The van der Waals surface area contributed by atoms with Crippen LogP contribution in [0, 0.1) is 23.7 Å². The average Bonchev–Trinajstić information content (AvgIpc) is 3.06. The van der Waals surface area contributed by atoms with Gasteiger partial charge in [0.2, 0.25) is 0 Å². The molecule has 0 unspecified atom stereocenters. The lowest BCUT2D eigenvalue weighted by Gasteiger charge is -2.56. The normalized spacial score (nSPS) is 31.0. The summed E-state index contributed by atoms with van der Waals surface area (Å²) >= 11 is 1.48. The Labute approximate surface area is 280 Å². The average molecular weight is 657 g/mol. The molecular weight excluding hydrogens is 612 g/mol. The Morgan fingerprint density at radius 1 is 0.851 bits per heavy atom. The molecule has 248 valence electrons. The van der Waals surface area contributed by atoms with Crippen LogP contribution < -0.4 is 10.6 Å². The van der Waals surface area contributed by atoms with Crippen molar-refractivity contribution in [1.29, 1.82) is 0 Å². The third kappa shape index (κ3) is 7.09. The van der Waals surface area contributed by atoms with Gasteiger partial charge in [-0.15, -0.1) is 11.8 Å². The molecule has 0 aromatic heterocycles. The van der Waals surface area contributed by atoms with Gasteiger partial charge in [-0.1, -0.05) is 67.6 Å². The highest BCUT2D eigenvalue weighted by atomic mass is 32.2. The molecule has 1 saturated heterocycles. The van der Waals surface area contributed by atoms with Gasteiger partial charge in [0.25, 0.3) is 0 Å². The van der Waals surface area contributed by atoms with Crippen molar-refractivity contribution in [3.05, 3.63) is 101 Å². The van der Waals surface area contributed by atoms with Crippen LogP contribution in [0.4, 0.5) is 4.79 Å². The third-order valence-corrected chi connectivity index (χ3v) is 11.9. The first-order valence-electron chi connectivity index (χ1n) is 16.9. The van der Waals surface area contributed by atoms with Gasteiger partial charge in [0.05, 0.1) is 24.4 Å². The lowest BCUT2D eigenvalue weighted by Crippen LogP contribution is -2.61. The van der Waals surface area contributed by atoms with Gasteiger partial charge < -0.3 is 30.3 Å². The van der Waals surface area contributed by atoms with Crippen molar-refractivity contribution in [3.63, 3.8) is 0 Å². The van der Waals surface area contributed by atoms with E-state index in [0.29, 0.717) is 17.2 Å². The number of rotatable bonds is 10. The maximum Gasteiger partial charge on any atom is 0.336 e. The second-order valence-electron chi connectivity index (χ2n) is 14.2. The maximum atomic E-state index is 13.0. The van der Waals surface area contributed by atoms with Crippen LogP contribution in [0.25, 0.3) is 0 Å². The Kier molecular flexibility index (Phi) is 9.33. The first-order valence-corrected chi connectivity index (χ1v) is 17.9. The maximum absolute atomic E-state index is 13.0. The monoisotopic (exact) mass is 656 g/mol. The molecule has 9 heteroatoms. The largest absolute Gasteiger partial charge is 0.478 e. The van der Waals surface area contributed by atoms with Crippen molar-refractivity contribution < 1.29 is 29.3 Å². The fraction of sp³-hybridized carbons (Fsp3) is 0.474. The van der Waals surface area contributed by atoms with E-state index in [2.05, 4.69) is 17.6 Å². The first-order chi connectivity index (χ1) is 22.8. The minimum absolute atomic E-state index is 0.0189. The van der Waals surface area contributed by atoms with Crippen molar-refractivity contribution in [3.8, 4) is 0 Å².